The van der Waals surface area contributed by atoms with Crippen molar-refractivity contribution in [3.05, 3.63) is 53.0 Å². The highest BCUT2D eigenvalue weighted by Crippen LogP contribution is 2.32. The number of carbonyl (C=O) groups is 1. The van der Waals surface area contributed by atoms with Gasteiger partial charge in [0.05, 0.1) is 16.3 Å². The van der Waals surface area contributed by atoms with Gasteiger partial charge in [-0.05, 0) is 38.0 Å². The van der Waals surface area contributed by atoms with Crippen molar-refractivity contribution in [3.8, 4) is 0 Å². The minimum absolute atomic E-state index is 0.0951. The van der Waals surface area contributed by atoms with Crippen LogP contribution < -0.4 is 5.32 Å². The number of aryl methyl sites for hydroxylation is 2. The van der Waals surface area contributed by atoms with Gasteiger partial charge in [0.15, 0.2) is 5.58 Å². The maximum atomic E-state index is 12.8. The van der Waals surface area contributed by atoms with E-state index in [2.05, 4.69) is 15.5 Å². The van der Waals surface area contributed by atoms with E-state index in [1.165, 1.54) is 11.8 Å². The average Bonchev–Trinajstić information content (AvgIpc) is 3.19. The Morgan fingerprint density at radius 1 is 1.29 bits per heavy atom. The smallest absolute Gasteiger partial charge is 0.237 e. The largest absolute Gasteiger partial charge is 0.460 e. The summed E-state index contributed by atoms with van der Waals surface area (Å²) in [6, 6.07) is 9.39. The highest BCUT2D eigenvalue weighted by Gasteiger charge is 2.22. The fourth-order valence-electron chi connectivity index (χ4n) is 3.04. The van der Waals surface area contributed by atoms with E-state index >= 15 is 0 Å². The van der Waals surface area contributed by atoms with Gasteiger partial charge in [-0.1, -0.05) is 36.4 Å². The first-order chi connectivity index (χ1) is 13.5. The molecule has 0 aliphatic rings. The molecule has 0 spiro atoms. The number of thioether (sulfide) groups is 1. The van der Waals surface area contributed by atoms with Crippen molar-refractivity contribution in [2.24, 2.45) is 0 Å². The molecule has 4 rings (SSSR count). The summed E-state index contributed by atoms with van der Waals surface area (Å²) >= 11 is 7.55. The molecule has 0 aliphatic heterocycles. The maximum Gasteiger partial charge on any atom is 0.237 e. The van der Waals surface area contributed by atoms with Gasteiger partial charge >= 0.3 is 0 Å². The van der Waals surface area contributed by atoms with Crippen molar-refractivity contribution in [2.75, 3.05) is 5.32 Å². The molecule has 8 heteroatoms. The van der Waals surface area contributed by atoms with E-state index in [9.17, 15) is 4.79 Å². The lowest BCUT2D eigenvalue weighted by molar-refractivity contribution is -0.115. The van der Waals surface area contributed by atoms with Crippen molar-refractivity contribution < 1.29 is 9.21 Å². The first kappa shape index (κ1) is 18.8. The predicted octanol–water partition coefficient (Wildman–Crippen LogP) is 5.26. The van der Waals surface area contributed by atoms with E-state index in [-0.39, 0.29) is 11.2 Å². The molecule has 3 heterocycles. The molecule has 0 saturated heterocycles. The van der Waals surface area contributed by atoms with Gasteiger partial charge in [-0.15, -0.1) is 10.2 Å². The summed E-state index contributed by atoms with van der Waals surface area (Å²) in [5, 5.41) is 12.3. The first-order valence-electron chi connectivity index (χ1n) is 8.93. The van der Waals surface area contributed by atoms with Crippen LogP contribution in [0.3, 0.4) is 0 Å². The van der Waals surface area contributed by atoms with Gasteiger partial charge in [0, 0.05) is 22.8 Å². The molecule has 0 radical (unpaired) electrons. The fourth-order valence-corrected chi connectivity index (χ4v) is 4.19. The quantitative estimate of drug-likeness (QED) is 0.451. The molecule has 1 aromatic carbocycles. The summed E-state index contributed by atoms with van der Waals surface area (Å²) in [5.74, 6) is 0.746. The van der Waals surface area contributed by atoms with Gasteiger partial charge in [-0.3, -0.25) is 9.20 Å². The van der Waals surface area contributed by atoms with E-state index in [4.69, 9.17) is 16.0 Å². The van der Waals surface area contributed by atoms with Crippen molar-refractivity contribution in [2.45, 2.75) is 37.5 Å². The van der Waals surface area contributed by atoms with Crippen LogP contribution in [0.15, 0.2) is 46.1 Å². The molecule has 3 aromatic heterocycles. The van der Waals surface area contributed by atoms with Crippen molar-refractivity contribution in [1.82, 2.24) is 14.6 Å². The van der Waals surface area contributed by atoms with Crippen LogP contribution in [-0.2, 0) is 4.79 Å². The Morgan fingerprint density at radius 3 is 2.86 bits per heavy atom. The molecule has 4 aromatic rings. The molecule has 0 aliphatic carbocycles. The maximum absolute atomic E-state index is 12.8. The SMILES string of the molecule is CC[C@@H](Sc1nncn2c1cc1oc(C)cc12)C(=O)Nc1ccc(C)c(Cl)c1. The molecular weight excluding hydrogens is 396 g/mol. The van der Waals surface area contributed by atoms with Crippen molar-refractivity contribution >= 4 is 51.6 Å². The molecule has 144 valence electrons. The summed E-state index contributed by atoms with van der Waals surface area (Å²) in [6.07, 6.45) is 2.31. The summed E-state index contributed by atoms with van der Waals surface area (Å²) in [6.45, 7) is 5.80. The Bertz CT molecular complexity index is 1180. The van der Waals surface area contributed by atoms with Gasteiger partial charge < -0.3 is 9.73 Å². The van der Waals surface area contributed by atoms with Crippen LogP contribution in [0, 0.1) is 13.8 Å². The fraction of sp³-hybridized carbons (Fsp3) is 0.250. The molecular formula is C20H19ClN4O2S. The zero-order valence-corrected chi connectivity index (χ0v) is 17.3. The zero-order chi connectivity index (χ0) is 19.8. The second-order valence-electron chi connectivity index (χ2n) is 6.61. The minimum Gasteiger partial charge on any atom is -0.460 e. The van der Waals surface area contributed by atoms with Gasteiger partial charge in [-0.2, -0.15) is 0 Å². The summed E-state index contributed by atoms with van der Waals surface area (Å²) in [4.78, 5) is 12.8. The number of nitrogens with zero attached hydrogens (tertiary/aromatic N) is 3. The van der Waals surface area contributed by atoms with Crippen LogP contribution in [-0.4, -0.2) is 25.8 Å². The average molecular weight is 415 g/mol. The monoisotopic (exact) mass is 414 g/mol. The number of benzene rings is 1. The zero-order valence-electron chi connectivity index (χ0n) is 15.7. The molecule has 1 N–H and O–H groups in total. The Labute approximate surface area is 171 Å². The van der Waals surface area contributed by atoms with Gasteiger partial charge in [0.25, 0.3) is 0 Å². The molecule has 0 saturated carbocycles. The summed E-state index contributed by atoms with van der Waals surface area (Å²) in [5.41, 5.74) is 4.24. The highest BCUT2D eigenvalue weighted by molar-refractivity contribution is 8.00. The second-order valence-corrected chi connectivity index (χ2v) is 8.21. The number of hydrogen-bond donors (Lipinski definition) is 1. The number of carbonyl (C=O) groups excluding carboxylic acids is 1. The Kier molecular flexibility index (Phi) is 5.03. The number of amides is 1. The highest BCUT2D eigenvalue weighted by atomic mass is 35.5. The lowest BCUT2D eigenvalue weighted by Gasteiger charge is -2.15. The third kappa shape index (κ3) is 3.47. The number of halogens is 1. The lowest BCUT2D eigenvalue weighted by Crippen LogP contribution is -2.24. The topological polar surface area (TPSA) is 72.4 Å². The standard InChI is InChI=1S/C20H19ClN4O2S/c1-4-18(19(26)23-13-6-5-11(2)14(21)8-13)28-20-16-9-17-15(7-12(3)27-17)25(16)10-22-24-20/h5-10,18H,4H2,1-3H3,(H,23,26)/t18-/m1/s1. The summed E-state index contributed by atoms with van der Waals surface area (Å²) < 4.78 is 7.65. The molecule has 1 amide bonds. The van der Waals surface area contributed by atoms with Crippen molar-refractivity contribution in [1.29, 1.82) is 0 Å². The van der Waals surface area contributed by atoms with E-state index in [1.807, 2.05) is 49.4 Å². The molecule has 0 unspecified atom stereocenters. The van der Waals surface area contributed by atoms with E-state index in [0.717, 1.165) is 27.9 Å². The molecule has 0 fully saturated rings. The van der Waals surface area contributed by atoms with E-state index in [1.54, 1.807) is 12.4 Å². The second kappa shape index (κ2) is 7.48. The number of anilines is 1. The molecule has 28 heavy (non-hydrogen) atoms. The van der Waals surface area contributed by atoms with E-state index < -0.39 is 0 Å². The van der Waals surface area contributed by atoms with Crippen LogP contribution >= 0.6 is 23.4 Å². The predicted molar refractivity (Wildman–Crippen MR) is 112 cm³/mol. The number of hydrogen-bond acceptors (Lipinski definition) is 5. The van der Waals surface area contributed by atoms with Crippen LogP contribution in [0.1, 0.15) is 24.7 Å². The molecule has 0 bridgehead atoms. The Hall–Kier alpha value is -2.51. The third-order valence-corrected chi connectivity index (χ3v) is 6.29. The van der Waals surface area contributed by atoms with Crippen LogP contribution in [0.25, 0.3) is 16.6 Å². The Balaban J connectivity index is 1.59. The van der Waals surface area contributed by atoms with Crippen LogP contribution in [0.5, 0.6) is 0 Å². The van der Waals surface area contributed by atoms with Crippen molar-refractivity contribution in [3.63, 3.8) is 0 Å². The van der Waals surface area contributed by atoms with Gasteiger partial charge in [0.1, 0.15) is 17.1 Å². The van der Waals surface area contributed by atoms with Crippen LogP contribution in [0.4, 0.5) is 5.69 Å². The first-order valence-corrected chi connectivity index (χ1v) is 10.2. The number of aromatic nitrogens is 3. The Morgan fingerprint density at radius 2 is 2.11 bits per heavy atom. The number of furan rings is 1. The number of fused-ring (bicyclic) bond motifs is 3. The third-order valence-electron chi connectivity index (χ3n) is 4.54. The molecule has 1 atom stereocenters. The van der Waals surface area contributed by atoms with Crippen LogP contribution in [0.2, 0.25) is 5.02 Å². The minimum atomic E-state index is -0.316. The molecule has 6 nitrogen and oxygen atoms in total. The normalized spacial score (nSPS) is 12.6. The van der Waals surface area contributed by atoms with E-state index in [0.29, 0.717) is 22.2 Å². The van der Waals surface area contributed by atoms with Gasteiger partial charge in [-0.25, -0.2) is 0 Å². The summed E-state index contributed by atoms with van der Waals surface area (Å²) in [7, 11) is 0. The number of rotatable bonds is 5. The lowest BCUT2D eigenvalue weighted by atomic mass is 10.2. The number of nitrogens with one attached hydrogen (secondary N) is 1. The van der Waals surface area contributed by atoms with Gasteiger partial charge in [0.2, 0.25) is 5.91 Å².